The summed E-state index contributed by atoms with van der Waals surface area (Å²) in [7, 11) is 0. The summed E-state index contributed by atoms with van der Waals surface area (Å²) in [5, 5.41) is 3.74. The Hall–Kier alpha value is -1.07. The van der Waals surface area contributed by atoms with E-state index < -0.39 is 5.60 Å². The molecule has 1 aromatic carbocycles. The lowest BCUT2D eigenvalue weighted by atomic mass is 9.96. The van der Waals surface area contributed by atoms with Gasteiger partial charge in [0.15, 0.2) is 0 Å². The first-order chi connectivity index (χ1) is 11.1. The predicted octanol–water partition coefficient (Wildman–Crippen LogP) is 4.77. The summed E-state index contributed by atoms with van der Waals surface area (Å²) in [4.78, 5) is 12.6. The van der Waals surface area contributed by atoms with Crippen molar-refractivity contribution in [1.82, 2.24) is 0 Å². The maximum atomic E-state index is 12.6. The van der Waals surface area contributed by atoms with Crippen LogP contribution in [0.2, 0.25) is 0 Å². The molecule has 4 nitrogen and oxygen atoms in total. The monoisotopic (exact) mass is 385 g/mol. The number of anilines is 1. The van der Waals surface area contributed by atoms with Crippen LogP contribution in [-0.4, -0.2) is 30.1 Å². The van der Waals surface area contributed by atoms with Crippen LogP contribution < -0.4 is 10.1 Å². The van der Waals surface area contributed by atoms with E-state index in [9.17, 15) is 4.79 Å². The van der Waals surface area contributed by atoms with E-state index in [2.05, 4.69) is 28.2 Å². The zero-order chi connectivity index (χ0) is 17.1. The number of halogens is 1. The number of benzene rings is 1. The van der Waals surface area contributed by atoms with Crippen molar-refractivity contribution in [3.8, 4) is 5.75 Å². The van der Waals surface area contributed by atoms with Gasteiger partial charge in [-0.05, 0) is 44.5 Å². The Morgan fingerprint density at radius 1 is 1.22 bits per heavy atom. The van der Waals surface area contributed by atoms with Gasteiger partial charge in [0.05, 0.1) is 6.61 Å². The van der Waals surface area contributed by atoms with Gasteiger partial charge in [0.1, 0.15) is 11.4 Å². The molecule has 130 valence electrons. The van der Waals surface area contributed by atoms with Gasteiger partial charge in [-0.2, -0.15) is 0 Å². The van der Waals surface area contributed by atoms with E-state index >= 15 is 0 Å². The molecule has 1 aromatic rings. The third-order valence-corrected chi connectivity index (χ3v) is 3.98. The van der Waals surface area contributed by atoms with E-state index in [0.717, 1.165) is 42.5 Å². The molecule has 0 aromatic heterocycles. The molecule has 5 heteroatoms. The van der Waals surface area contributed by atoms with Crippen LogP contribution in [0.5, 0.6) is 5.75 Å². The van der Waals surface area contributed by atoms with Crippen LogP contribution in [0.15, 0.2) is 24.3 Å². The van der Waals surface area contributed by atoms with Crippen molar-refractivity contribution in [2.24, 2.45) is 0 Å². The summed E-state index contributed by atoms with van der Waals surface area (Å²) in [6.07, 6.45) is 3.95. The molecular formula is C18H28BrNO3. The van der Waals surface area contributed by atoms with Crippen LogP contribution >= 0.6 is 15.9 Å². The Kier molecular flexibility index (Phi) is 9.26. The molecule has 0 saturated heterocycles. The van der Waals surface area contributed by atoms with Crippen molar-refractivity contribution < 1.29 is 14.3 Å². The minimum Gasteiger partial charge on any atom is -0.493 e. The average Bonchev–Trinajstić information content (AvgIpc) is 2.54. The van der Waals surface area contributed by atoms with E-state index in [1.807, 2.05) is 38.1 Å². The number of hydrogen-bond acceptors (Lipinski definition) is 3. The predicted molar refractivity (Wildman–Crippen MR) is 98.5 cm³/mol. The van der Waals surface area contributed by atoms with Crippen molar-refractivity contribution in [3.05, 3.63) is 24.3 Å². The van der Waals surface area contributed by atoms with Gasteiger partial charge in [0.25, 0.3) is 5.91 Å². The SMILES string of the molecule is CCCCC[C@@](C)(OCC)C(=O)Nc1ccc(OCCBr)cc1. The summed E-state index contributed by atoms with van der Waals surface area (Å²) in [6.45, 7) is 7.08. The molecule has 0 fully saturated rings. The van der Waals surface area contributed by atoms with Crippen molar-refractivity contribution in [1.29, 1.82) is 0 Å². The lowest BCUT2D eigenvalue weighted by molar-refractivity contribution is -0.139. The fraction of sp³-hybridized carbons (Fsp3) is 0.611. The van der Waals surface area contributed by atoms with Crippen LogP contribution in [0.4, 0.5) is 5.69 Å². The summed E-state index contributed by atoms with van der Waals surface area (Å²) in [5.74, 6) is 0.697. The van der Waals surface area contributed by atoms with E-state index in [-0.39, 0.29) is 5.91 Å². The number of rotatable bonds is 11. The second-order valence-corrected chi connectivity index (χ2v) is 6.43. The van der Waals surface area contributed by atoms with Gasteiger partial charge in [0, 0.05) is 17.6 Å². The molecule has 0 aliphatic rings. The van der Waals surface area contributed by atoms with E-state index in [1.54, 1.807) is 0 Å². The van der Waals surface area contributed by atoms with E-state index in [4.69, 9.17) is 9.47 Å². The lowest BCUT2D eigenvalue weighted by Gasteiger charge is -2.28. The summed E-state index contributed by atoms with van der Waals surface area (Å²) in [5.41, 5.74) is -0.0303. The zero-order valence-electron chi connectivity index (χ0n) is 14.4. The molecule has 1 rings (SSSR count). The van der Waals surface area contributed by atoms with Crippen LogP contribution in [0.25, 0.3) is 0 Å². The first-order valence-electron chi connectivity index (χ1n) is 8.30. The lowest BCUT2D eigenvalue weighted by Crippen LogP contribution is -2.42. The van der Waals surface area contributed by atoms with Crippen molar-refractivity contribution in [2.75, 3.05) is 23.9 Å². The van der Waals surface area contributed by atoms with E-state index in [1.165, 1.54) is 0 Å². The second kappa shape index (κ2) is 10.7. The molecule has 0 spiro atoms. The number of ether oxygens (including phenoxy) is 2. The second-order valence-electron chi connectivity index (χ2n) is 5.64. The van der Waals surface area contributed by atoms with Crippen molar-refractivity contribution >= 4 is 27.5 Å². The fourth-order valence-electron chi connectivity index (χ4n) is 2.34. The zero-order valence-corrected chi connectivity index (χ0v) is 15.9. The van der Waals surface area contributed by atoms with Crippen molar-refractivity contribution in [2.45, 2.75) is 52.1 Å². The number of nitrogens with one attached hydrogen (secondary N) is 1. The standard InChI is InChI=1S/C18H28BrNO3/c1-4-6-7-12-18(3,23-5-2)17(21)20-15-8-10-16(11-9-15)22-14-13-19/h8-11H,4-7,12-14H2,1-3H3,(H,20,21)/t18-/m1/s1. The van der Waals surface area contributed by atoms with Crippen LogP contribution in [0.3, 0.4) is 0 Å². The molecule has 0 saturated carbocycles. The Morgan fingerprint density at radius 3 is 2.48 bits per heavy atom. The first-order valence-corrected chi connectivity index (χ1v) is 9.42. The maximum Gasteiger partial charge on any atom is 0.256 e. The van der Waals surface area contributed by atoms with Gasteiger partial charge in [-0.1, -0.05) is 42.1 Å². The van der Waals surface area contributed by atoms with Crippen LogP contribution in [0, 0.1) is 0 Å². The van der Waals surface area contributed by atoms with Crippen molar-refractivity contribution in [3.63, 3.8) is 0 Å². The topological polar surface area (TPSA) is 47.6 Å². The minimum absolute atomic E-state index is 0.0930. The summed E-state index contributed by atoms with van der Waals surface area (Å²) < 4.78 is 11.2. The molecule has 0 bridgehead atoms. The van der Waals surface area contributed by atoms with Gasteiger partial charge in [0.2, 0.25) is 0 Å². The smallest absolute Gasteiger partial charge is 0.256 e. The van der Waals surface area contributed by atoms with E-state index in [0.29, 0.717) is 13.2 Å². The number of hydrogen-bond donors (Lipinski definition) is 1. The molecule has 0 aliphatic heterocycles. The fourth-order valence-corrected chi connectivity index (χ4v) is 2.50. The quantitative estimate of drug-likeness (QED) is 0.440. The minimum atomic E-state index is -0.783. The molecule has 0 radical (unpaired) electrons. The molecule has 1 N–H and O–H groups in total. The highest BCUT2D eigenvalue weighted by atomic mass is 79.9. The Bertz CT molecular complexity index is 464. The first kappa shape index (κ1) is 20.0. The summed E-state index contributed by atoms with van der Waals surface area (Å²) >= 11 is 3.32. The Labute approximate surface area is 148 Å². The van der Waals surface area contributed by atoms with Crippen LogP contribution in [-0.2, 0) is 9.53 Å². The highest BCUT2D eigenvalue weighted by molar-refractivity contribution is 9.09. The van der Waals surface area contributed by atoms with Gasteiger partial charge < -0.3 is 14.8 Å². The highest BCUT2D eigenvalue weighted by Crippen LogP contribution is 2.23. The highest BCUT2D eigenvalue weighted by Gasteiger charge is 2.33. The number of carbonyl (C=O) groups excluding carboxylic acids is 1. The maximum absolute atomic E-state index is 12.6. The number of carbonyl (C=O) groups is 1. The molecule has 23 heavy (non-hydrogen) atoms. The molecule has 0 unspecified atom stereocenters. The molecule has 1 atom stereocenters. The summed E-state index contributed by atoms with van der Waals surface area (Å²) in [6, 6.07) is 7.40. The molecule has 1 amide bonds. The number of unbranched alkanes of at least 4 members (excludes halogenated alkanes) is 2. The van der Waals surface area contributed by atoms with Gasteiger partial charge >= 0.3 is 0 Å². The Morgan fingerprint density at radius 2 is 1.91 bits per heavy atom. The third-order valence-electron chi connectivity index (χ3n) is 3.66. The molecular weight excluding hydrogens is 358 g/mol. The average molecular weight is 386 g/mol. The number of alkyl halides is 1. The number of amides is 1. The molecule has 0 heterocycles. The van der Waals surface area contributed by atoms with Gasteiger partial charge in [-0.15, -0.1) is 0 Å². The largest absolute Gasteiger partial charge is 0.493 e. The van der Waals surface area contributed by atoms with Gasteiger partial charge in [-0.25, -0.2) is 0 Å². The Balaban J connectivity index is 2.66. The normalized spacial score (nSPS) is 13.4. The van der Waals surface area contributed by atoms with Crippen LogP contribution in [0.1, 0.15) is 46.5 Å². The van der Waals surface area contributed by atoms with Gasteiger partial charge in [-0.3, -0.25) is 4.79 Å². The molecule has 0 aliphatic carbocycles. The third kappa shape index (κ3) is 6.92.